The van der Waals surface area contributed by atoms with E-state index in [9.17, 15) is 0 Å². The lowest BCUT2D eigenvalue weighted by molar-refractivity contribution is 0.275. The van der Waals surface area contributed by atoms with Gasteiger partial charge in [-0.25, -0.2) is 0 Å². The average molecular weight is 334 g/mol. The molecule has 0 atom stereocenters. The van der Waals surface area contributed by atoms with Crippen molar-refractivity contribution in [1.82, 2.24) is 4.57 Å². The summed E-state index contributed by atoms with van der Waals surface area (Å²) in [6.45, 7) is 17.1. The third-order valence-corrected chi connectivity index (χ3v) is 12.7. The smallest absolute Gasteiger partial charge is 0.320 e. The van der Waals surface area contributed by atoms with Gasteiger partial charge in [0.25, 0.3) is 0 Å². The molecule has 128 valence electrons. The molecule has 0 saturated heterocycles. The average Bonchev–Trinajstić information content (AvgIpc) is 2.40. The van der Waals surface area contributed by atoms with Crippen molar-refractivity contribution in [1.29, 1.82) is 0 Å². The van der Waals surface area contributed by atoms with E-state index < -0.39 is 17.5 Å². The molecule has 0 spiro atoms. The van der Waals surface area contributed by atoms with Gasteiger partial charge >= 0.3 is 9.28 Å². The lowest BCUT2D eigenvalue weighted by atomic mass is 10.2. The van der Waals surface area contributed by atoms with E-state index in [0.29, 0.717) is 5.04 Å². The first kappa shape index (κ1) is 21.3. The Morgan fingerprint density at radius 2 is 1.48 bits per heavy atom. The van der Waals surface area contributed by atoms with Crippen LogP contribution in [0.3, 0.4) is 0 Å². The molecule has 0 aliphatic rings. The Morgan fingerprint density at radius 3 is 1.90 bits per heavy atom. The summed E-state index contributed by atoms with van der Waals surface area (Å²) in [6, 6.07) is 1.13. The molecule has 0 unspecified atom stereocenters. The van der Waals surface area contributed by atoms with Gasteiger partial charge < -0.3 is 13.4 Å². The van der Waals surface area contributed by atoms with Crippen LogP contribution in [0.2, 0.25) is 24.2 Å². The summed E-state index contributed by atoms with van der Waals surface area (Å²) in [7, 11) is 0.819. The standard InChI is InChI=1S/C16H39NO2Si2/c1-9-10-13-17(21(7,8)16(2,3)4)14-11-12-15-20(18-5)19-6/h20H,9-15H2,1-8H3. The molecule has 5 heteroatoms. The molecule has 0 aliphatic heterocycles. The fourth-order valence-electron chi connectivity index (χ4n) is 2.44. The van der Waals surface area contributed by atoms with Crippen LogP contribution in [0.1, 0.15) is 53.4 Å². The maximum atomic E-state index is 5.40. The normalized spacial score (nSPS) is 13.4. The van der Waals surface area contributed by atoms with E-state index in [1.807, 2.05) is 0 Å². The van der Waals surface area contributed by atoms with Crippen molar-refractivity contribution in [3.63, 3.8) is 0 Å². The van der Waals surface area contributed by atoms with Gasteiger partial charge in [0.1, 0.15) is 8.24 Å². The van der Waals surface area contributed by atoms with Crippen molar-refractivity contribution in [2.24, 2.45) is 0 Å². The molecule has 0 aromatic carbocycles. The second-order valence-corrected chi connectivity index (χ2v) is 15.2. The second-order valence-electron chi connectivity index (χ2n) is 7.55. The molecule has 0 aliphatic carbocycles. The minimum atomic E-state index is -1.38. The van der Waals surface area contributed by atoms with Gasteiger partial charge in [-0.2, -0.15) is 0 Å². The van der Waals surface area contributed by atoms with Gasteiger partial charge in [-0.3, -0.25) is 0 Å². The Balaban J connectivity index is 4.44. The molecule has 0 N–H and O–H groups in total. The van der Waals surface area contributed by atoms with E-state index in [2.05, 4.69) is 45.4 Å². The Hall–Kier alpha value is 0.314. The predicted octanol–water partition coefficient (Wildman–Crippen LogP) is 4.39. The van der Waals surface area contributed by atoms with Gasteiger partial charge in [0.15, 0.2) is 0 Å². The van der Waals surface area contributed by atoms with Gasteiger partial charge in [-0.15, -0.1) is 0 Å². The van der Waals surface area contributed by atoms with Crippen molar-refractivity contribution in [2.45, 2.75) is 77.6 Å². The Kier molecular flexibility index (Phi) is 10.3. The SMILES string of the molecule is CCCCN(CCCC[SiH](OC)OC)[Si](C)(C)C(C)(C)C. The number of hydrogen-bond donors (Lipinski definition) is 0. The summed E-state index contributed by atoms with van der Waals surface area (Å²) in [5.74, 6) is 0. The van der Waals surface area contributed by atoms with E-state index in [1.165, 1.54) is 38.8 Å². The van der Waals surface area contributed by atoms with Crippen LogP contribution in [0, 0.1) is 0 Å². The quantitative estimate of drug-likeness (QED) is 0.413. The fourth-order valence-corrected chi connectivity index (χ4v) is 6.11. The molecule has 0 heterocycles. The summed E-state index contributed by atoms with van der Waals surface area (Å²) in [5, 5.41) is 0.428. The highest BCUT2D eigenvalue weighted by Crippen LogP contribution is 2.38. The van der Waals surface area contributed by atoms with Crippen LogP contribution in [0.5, 0.6) is 0 Å². The first-order valence-electron chi connectivity index (χ1n) is 8.51. The van der Waals surface area contributed by atoms with E-state index >= 15 is 0 Å². The van der Waals surface area contributed by atoms with E-state index in [0.717, 1.165) is 6.04 Å². The summed E-state index contributed by atoms with van der Waals surface area (Å²) < 4.78 is 13.6. The topological polar surface area (TPSA) is 21.7 Å². The first-order valence-corrected chi connectivity index (χ1v) is 13.2. The summed E-state index contributed by atoms with van der Waals surface area (Å²) in [5.41, 5.74) is 0. The van der Waals surface area contributed by atoms with Crippen LogP contribution in [0.4, 0.5) is 0 Å². The molecular weight excluding hydrogens is 294 g/mol. The molecule has 0 amide bonds. The molecule has 21 heavy (non-hydrogen) atoms. The van der Waals surface area contributed by atoms with Crippen molar-refractivity contribution in [3.8, 4) is 0 Å². The summed E-state index contributed by atoms with van der Waals surface area (Å²) >= 11 is 0. The van der Waals surface area contributed by atoms with Crippen LogP contribution < -0.4 is 0 Å². The highest BCUT2D eigenvalue weighted by atomic mass is 28.3. The molecule has 0 radical (unpaired) electrons. The van der Waals surface area contributed by atoms with Gasteiger partial charge in [0, 0.05) is 14.2 Å². The molecule has 3 nitrogen and oxygen atoms in total. The third-order valence-electron chi connectivity index (χ3n) is 5.05. The van der Waals surface area contributed by atoms with Crippen molar-refractivity contribution in [3.05, 3.63) is 0 Å². The Morgan fingerprint density at radius 1 is 0.952 bits per heavy atom. The molecule has 0 aromatic heterocycles. The minimum absolute atomic E-state index is 0.428. The van der Waals surface area contributed by atoms with E-state index in [-0.39, 0.29) is 0 Å². The molecule has 0 rings (SSSR count). The van der Waals surface area contributed by atoms with Gasteiger partial charge in [0.2, 0.25) is 0 Å². The lowest BCUT2D eigenvalue weighted by Crippen LogP contribution is -2.55. The largest absolute Gasteiger partial charge is 0.400 e. The van der Waals surface area contributed by atoms with Crippen LogP contribution >= 0.6 is 0 Å². The Bertz CT molecular complexity index is 263. The van der Waals surface area contributed by atoms with Gasteiger partial charge in [0.05, 0.1) is 0 Å². The molecular formula is C16H39NO2Si2. The van der Waals surface area contributed by atoms with Crippen LogP contribution in [-0.4, -0.2) is 49.4 Å². The zero-order valence-corrected chi connectivity index (χ0v) is 17.9. The Labute approximate surface area is 136 Å². The lowest BCUT2D eigenvalue weighted by Gasteiger charge is -2.46. The highest BCUT2D eigenvalue weighted by molar-refractivity contribution is 6.77. The maximum Gasteiger partial charge on any atom is 0.320 e. The van der Waals surface area contributed by atoms with E-state index in [4.69, 9.17) is 8.85 Å². The molecule has 0 aromatic rings. The minimum Gasteiger partial charge on any atom is -0.400 e. The van der Waals surface area contributed by atoms with Crippen LogP contribution in [0.25, 0.3) is 0 Å². The van der Waals surface area contributed by atoms with Crippen LogP contribution in [-0.2, 0) is 8.85 Å². The van der Waals surface area contributed by atoms with E-state index in [1.54, 1.807) is 14.2 Å². The third kappa shape index (κ3) is 7.41. The molecule has 0 saturated carbocycles. The first-order chi connectivity index (χ1) is 9.70. The monoisotopic (exact) mass is 333 g/mol. The predicted molar refractivity (Wildman–Crippen MR) is 98.9 cm³/mol. The fraction of sp³-hybridized carbons (Fsp3) is 1.00. The number of hydrogen-bond acceptors (Lipinski definition) is 3. The molecule has 0 bridgehead atoms. The van der Waals surface area contributed by atoms with Gasteiger partial charge in [-0.1, -0.05) is 53.6 Å². The van der Waals surface area contributed by atoms with Crippen molar-refractivity contribution < 1.29 is 8.85 Å². The van der Waals surface area contributed by atoms with Crippen molar-refractivity contribution >= 4 is 17.5 Å². The number of rotatable bonds is 11. The zero-order chi connectivity index (χ0) is 16.5. The van der Waals surface area contributed by atoms with Gasteiger partial charge in [-0.05, 0) is 37.0 Å². The second kappa shape index (κ2) is 10.2. The maximum absolute atomic E-state index is 5.40. The molecule has 0 fully saturated rings. The van der Waals surface area contributed by atoms with Crippen molar-refractivity contribution in [2.75, 3.05) is 27.3 Å². The highest BCUT2D eigenvalue weighted by Gasteiger charge is 2.40. The number of unbranched alkanes of at least 4 members (excludes halogenated alkanes) is 2. The zero-order valence-electron chi connectivity index (χ0n) is 15.8. The summed E-state index contributed by atoms with van der Waals surface area (Å²) in [6.07, 6.45) is 5.11. The summed E-state index contributed by atoms with van der Waals surface area (Å²) in [4.78, 5) is 0. The number of nitrogens with zero attached hydrogens (tertiary/aromatic N) is 1. The van der Waals surface area contributed by atoms with Crippen LogP contribution in [0.15, 0.2) is 0 Å².